The van der Waals surface area contributed by atoms with E-state index in [1.807, 2.05) is 72.6 Å². The number of anilines is 1. The number of para-hydroxylation sites is 1. The van der Waals surface area contributed by atoms with E-state index < -0.39 is 6.04 Å². The van der Waals surface area contributed by atoms with E-state index >= 15 is 0 Å². The summed E-state index contributed by atoms with van der Waals surface area (Å²) in [7, 11) is 2.01. The van der Waals surface area contributed by atoms with Crippen LogP contribution in [0.4, 0.5) is 5.69 Å². The minimum atomic E-state index is -0.409. The maximum absolute atomic E-state index is 13.7. The average Bonchev–Trinajstić information content (AvgIpc) is 3.03. The van der Waals surface area contributed by atoms with Gasteiger partial charge in [-0.25, -0.2) is 0 Å². The predicted molar refractivity (Wildman–Crippen MR) is 162 cm³/mol. The van der Waals surface area contributed by atoms with Gasteiger partial charge in [0.15, 0.2) is 0 Å². The van der Waals surface area contributed by atoms with Crippen molar-refractivity contribution in [3.05, 3.63) is 102 Å². The SMILES string of the molecule is CN1CCNCC1C(=O)N(Cc1ccc([C@H]2CCCC[C@@H]2C(=O)N[C@@H](CO)c2ccccc2)cc1)c1ccccc1. The normalized spacial score (nSPS) is 22.0. The Kier molecular flexibility index (Phi) is 9.83. The molecule has 1 heterocycles. The Hall–Kier alpha value is -3.52. The second-order valence-corrected chi connectivity index (χ2v) is 11.4. The first kappa shape index (κ1) is 29.0. The first-order valence-corrected chi connectivity index (χ1v) is 14.9. The molecule has 0 aromatic heterocycles. The standard InChI is InChI=1S/C34H42N4O3/c1-37-21-20-35-22-32(37)34(41)38(28-12-6-3-7-13-28)23-25-16-18-26(19-17-25)29-14-8-9-15-30(29)33(40)36-31(24-39)27-10-4-2-5-11-27/h2-7,10-13,16-19,29-32,35,39H,8-9,14-15,20-24H2,1H3,(H,36,40)/t29-,30+,31+,32?/m1/s1. The van der Waals surface area contributed by atoms with E-state index in [-0.39, 0.29) is 36.3 Å². The van der Waals surface area contributed by atoms with Gasteiger partial charge < -0.3 is 20.6 Å². The summed E-state index contributed by atoms with van der Waals surface area (Å²) < 4.78 is 0. The molecule has 2 fully saturated rings. The third kappa shape index (κ3) is 7.04. The highest BCUT2D eigenvalue weighted by molar-refractivity contribution is 5.97. The number of aliphatic hydroxyl groups excluding tert-OH is 1. The lowest BCUT2D eigenvalue weighted by Gasteiger charge is -2.36. The lowest BCUT2D eigenvalue weighted by atomic mass is 9.74. The molecule has 2 aliphatic rings. The summed E-state index contributed by atoms with van der Waals surface area (Å²) in [5.74, 6) is 0.0921. The Balaban J connectivity index is 1.31. The lowest BCUT2D eigenvalue weighted by Crippen LogP contribution is -2.57. The molecule has 1 aliphatic carbocycles. The number of carbonyl (C=O) groups excluding carboxylic acids is 2. The van der Waals surface area contributed by atoms with Gasteiger partial charge in [-0.15, -0.1) is 0 Å². The molecule has 0 spiro atoms. The highest BCUT2D eigenvalue weighted by atomic mass is 16.3. The number of carbonyl (C=O) groups is 2. The number of rotatable bonds is 9. The van der Waals surface area contributed by atoms with Crippen molar-refractivity contribution in [2.45, 2.75) is 50.2 Å². The fourth-order valence-electron chi connectivity index (χ4n) is 6.26. The largest absolute Gasteiger partial charge is 0.394 e. The summed E-state index contributed by atoms with van der Waals surface area (Å²) in [4.78, 5) is 31.2. The van der Waals surface area contributed by atoms with Crippen molar-refractivity contribution in [1.29, 1.82) is 0 Å². The van der Waals surface area contributed by atoms with Crippen LogP contribution in [0.5, 0.6) is 0 Å². The minimum absolute atomic E-state index is 0.00717. The minimum Gasteiger partial charge on any atom is -0.394 e. The van der Waals surface area contributed by atoms with Gasteiger partial charge in [0.05, 0.1) is 19.2 Å². The van der Waals surface area contributed by atoms with Gasteiger partial charge in [-0.1, -0.05) is 85.6 Å². The van der Waals surface area contributed by atoms with E-state index in [4.69, 9.17) is 0 Å². The van der Waals surface area contributed by atoms with Gasteiger partial charge in [-0.05, 0) is 54.6 Å². The zero-order valence-corrected chi connectivity index (χ0v) is 23.9. The van der Waals surface area contributed by atoms with Crippen LogP contribution in [0.15, 0.2) is 84.9 Å². The number of likely N-dealkylation sites (N-methyl/N-ethyl adjacent to an activating group) is 1. The predicted octanol–water partition coefficient (Wildman–Crippen LogP) is 4.25. The number of amides is 2. The summed E-state index contributed by atoms with van der Waals surface area (Å²) in [6, 6.07) is 27.4. The van der Waals surface area contributed by atoms with Gasteiger partial charge in [-0.2, -0.15) is 0 Å². The van der Waals surface area contributed by atoms with Gasteiger partial charge in [-0.3, -0.25) is 14.5 Å². The molecule has 1 aliphatic heterocycles. The number of piperazine rings is 1. The molecule has 216 valence electrons. The van der Waals surface area contributed by atoms with Gasteiger partial charge in [0, 0.05) is 31.2 Å². The highest BCUT2D eigenvalue weighted by Gasteiger charge is 2.34. The summed E-state index contributed by atoms with van der Waals surface area (Å²) in [5.41, 5.74) is 4.01. The Morgan fingerprint density at radius 1 is 0.976 bits per heavy atom. The number of hydrogen-bond acceptors (Lipinski definition) is 5. The molecule has 3 N–H and O–H groups in total. The topological polar surface area (TPSA) is 84.9 Å². The molecule has 1 saturated heterocycles. The number of hydrogen-bond donors (Lipinski definition) is 3. The molecule has 1 saturated carbocycles. The van der Waals surface area contributed by atoms with E-state index in [1.54, 1.807) is 0 Å². The van der Waals surface area contributed by atoms with Crippen molar-refractivity contribution in [1.82, 2.24) is 15.5 Å². The lowest BCUT2D eigenvalue weighted by molar-refractivity contribution is -0.127. The number of nitrogens with one attached hydrogen (secondary N) is 2. The molecule has 0 radical (unpaired) electrons. The molecule has 3 aromatic carbocycles. The Bertz CT molecular complexity index is 1270. The third-order valence-electron chi connectivity index (χ3n) is 8.68. The average molecular weight is 555 g/mol. The molecule has 7 heteroatoms. The maximum Gasteiger partial charge on any atom is 0.245 e. The van der Waals surface area contributed by atoms with Crippen molar-refractivity contribution in [3.8, 4) is 0 Å². The summed E-state index contributed by atoms with van der Waals surface area (Å²) in [6.45, 7) is 2.72. The van der Waals surface area contributed by atoms with Gasteiger partial charge in [0.2, 0.25) is 11.8 Å². The molecule has 7 nitrogen and oxygen atoms in total. The second-order valence-electron chi connectivity index (χ2n) is 11.4. The fourth-order valence-corrected chi connectivity index (χ4v) is 6.26. The summed E-state index contributed by atoms with van der Waals surface area (Å²) in [5, 5.41) is 16.5. The monoisotopic (exact) mass is 554 g/mol. The maximum atomic E-state index is 13.7. The van der Waals surface area contributed by atoms with Crippen molar-refractivity contribution >= 4 is 17.5 Å². The highest BCUT2D eigenvalue weighted by Crippen LogP contribution is 2.38. The summed E-state index contributed by atoms with van der Waals surface area (Å²) in [6.07, 6.45) is 3.92. The Labute approximate surface area is 243 Å². The zero-order chi connectivity index (χ0) is 28.6. The Morgan fingerprint density at radius 2 is 1.66 bits per heavy atom. The molecular weight excluding hydrogens is 512 g/mol. The van der Waals surface area contributed by atoms with E-state index in [0.717, 1.165) is 61.2 Å². The number of aliphatic hydroxyl groups is 1. The van der Waals surface area contributed by atoms with Crippen LogP contribution < -0.4 is 15.5 Å². The van der Waals surface area contributed by atoms with E-state index in [2.05, 4.69) is 39.8 Å². The van der Waals surface area contributed by atoms with Crippen molar-refractivity contribution in [3.63, 3.8) is 0 Å². The van der Waals surface area contributed by atoms with Crippen LogP contribution in [0.3, 0.4) is 0 Å². The van der Waals surface area contributed by atoms with Crippen LogP contribution in [0.1, 0.15) is 54.3 Å². The van der Waals surface area contributed by atoms with Crippen molar-refractivity contribution in [2.75, 3.05) is 38.2 Å². The van der Waals surface area contributed by atoms with Gasteiger partial charge in [0.1, 0.15) is 6.04 Å². The van der Waals surface area contributed by atoms with E-state index in [0.29, 0.717) is 13.1 Å². The molecule has 0 bridgehead atoms. The van der Waals surface area contributed by atoms with Crippen LogP contribution in [-0.2, 0) is 16.1 Å². The van der Waals surface area contributed by atoms with Crippen molar-refractivity contribution in [2.24, 2.45) is 5.92 Å². The van der Waals surface area contributed by atoms with Crippen LogP contribution >= 0.6 is 0 Å². The molecule has 4 atom stereocenters. The summed E-state index contributed by atoms with van der Waals surface area (Å²) >= 11 is 0. The fraction of sp³-hybridized carbons (Fsp3) is 0.412. The van der Waals surface area contributed by atoms with Gasteiger partial charge >= 0.3 is 0 Å². The van der Waals surface area contributed by atoms with Crippen LogP contribution in [0.2, 0.25) is 0 Å². The molecule has 3 aromatic rings. The second kappa shape index (κ2) is 13.9. The molecule has 2 amide bonds. The number of nitrogens with zero attached hydrogens (tertiary/aromatic N) is 2. The van der Waals surface area contributed by atoms with Crippen LogP contribution in [0.25, 0.3) is 0 Å². The quantitative estimate of drug-likeness (QED) is 0.368. The molecule has 41 heavy (non-hydrogen) atoms. The van der Waals surface area contributed by atoms with Crippen molar-refractivity contribution < 1.29 is 14.7 Å². The third-order valence-corrected chi connectivity index (χ3v) is 8.68. The van der Waals surface area contributed by atoms with E-state index in [9.17, 15) is 14.7 Å². The van der Waals surface area contributed by atoms with Crippen LogP contribution in [0, 0.1) is 5.92 Å². The van der Waals surface area contributed by atoms with Gasteiger partial charge in [0.25, 0.3) is 0 Å². The van der Waals surface area contributed by atoms with Crippen LogP contribution in [-0.4, -0.2) is 61.2 Å². The first-order chi connectivity index (χ1) is 20.0. The zero-order valence-electron chi connectivity index (χ0n) is 23.9. The molecule has 5 rings (SSSR count). The molecular formula is C34H42N4O3. The molecule has 1 unspecified atom stereocenters. The Morgan fingerprint density at radius 3 is 2.34 bits per heavy atom. The smallest absolute Gasteiger partial charge is 0.245 e. The number of benzene rings is 3. The van der Waals surface area contributed by atoms with E-state index in [1.165, 1.54) is 0 Å². The first-order valence-electron chi connectivity index (χ1n) is 14.9.